The number of methoxy groups -OCH3 is 1. The van der Waals surface area contributed by atoms with Crippen LogP contribution in [0.5, 0.6) is 6.01 Å². The number of nitrogens with zero attached hydrogens (tertiary/aromatic N) is 3. The molecule has 0 bridgehead atoms. The van der Waals surface area contributed by atoms with E-state index in [1.165, 1.54) is 6.42 Å². The van der Waals surface area contributed by atoms with Crippen molar-refractivity contribution in [2.45, 2.75) is 18.8 Å². The fraction of sp³-hybridized carbons (Fsp3) is 0.400. The van der Waals surface area contributed by atoms with E-state index >= 15 is 0 Å². The normalized spacial score (nSPS) is 18.8. The van der Waals surface area contributed by atoms with Crippen molar-refractivity contribution in [3.8, 4) is 17.3 Å². The zero-order valence-corrected chi connectivity index (χ0v) is 11.5. The molecule has 3 heterocycles. The van der Waals surface area contributed by atoms with Gasteiger partial charge in [0.05, 0.1) is 18.5 Å². The lowest BCUT2D eigenvalue weighted by Crippen LogP contribution is -2.29. The average Bonchev–Trinajstić information content (AvgIpc) is 2.56. The molecule has 2 aromatic heterocycles. The van der Waals surface area contributed by atoms with Crippen LogP contribution in [0.2, 0.25) is 0 Å². The van der Waals surface area contributed by atoms with Gasteiger partial charge in [0.15, 0.2) is 0 Å². The lowest BCUT2D eigenvalue weighted by Gasteiger charge is -2.24. The van der Waals surface area contributed by atoms with Crippen LogP contribution < -0.4 is 10.1 Å². The third-order valence-corrected chi connectivity index (χ3v) is 3.60. The van der Waals surface area contributed by atoms with Crippen molar-refractivity contribution in [3.63, 3.8) is 0 Å². The highest BCUT2D eigenvalue weighted by Crippen LogP contribution is 2.30. The van der Waals surface area contributed by atoms with Crippen LogP contribution in [0.25, 0.3) is 11.3 Å². The number of rotatable bonds is 3. The number of pyridine rings is 1. The van der Waals surface area contributed by atoms with E-state index in [0.29, 0.717) is 11.9 Å². The van der Waals surface area contributed by atoms with Crippen molar-refractivity contribution < 1.29 is 4.74 Å². The number of piperidine rings is 1. The quantitative estimate of drug-likeness (QED) is 0.924. The van der Waals surface area contributed by atoms with Crippen LogP contribution in [0, 0.1) is 0 Å². The second-order valence-electron chi connectivity index (χ2n) is 4.91. The average molecular weight is 270 g/mol. The zero-order chi connectivity index (χ0) is 13.8. The van der Waals surface area contributed by atoms with Crippen LogP contribution in [-0.4, -0.2) is 35.2 Å². The molecule has 0 radical (unpaired) electrons. The molecule has 1 aliphatic heterocycles. The SMILES string of the molecule is COc1ncc(-c2ccccn2)c([C@H]2CCCNC2)n1. The minimum Gasteiger partial charge on any atom is -0.467 e. The van der Waals surface area contributed by atoms with Crippen molar-refractivity contribution in [2.75, 3.05) is 20.2 Å². The van der Waals surface area contributed by atoms with Crippen molar-refractivity contribution in [3.05, 3.63) is 36.3 Å². The zero-order valence-electron chi connectivity index (χ0n) is 11.5. The van der Waals surface area contributed by atoms with Gasteiger partial charge in [-0.2, -0.15) is 4.98 Å². The minimum atomic E-state index is 0.387. The van der Waals surface area contributed by atoms with E-state index in [4.69, 9.17) is 4.74 Å². The molecule has 20 heavy (non-hydrogen) atoms. The third kappa shape index (κ3) is 2.63. The molecule has 1 aliphatic rings. The van der Waals surface area contributed by atoms with E-state index in [1.54, 1.807) is 13.3 Å². The molecule has 104 valence electrons. The van der Waals surface area contributed by atoms with Gasteiger partial charge in [-0.15, -0.1) is 0 Å². The largest absolute Gasteiger partial charge is 0.467 e. The summed E-state index contributed by atoms with van der Waals surface area (Å²) in [6.07, 6.45) is 5.91. The molecule has 2 aromatic rings. The van der Waals surface area contributed by atoms with Crippen molar-refractivity contribution >= 4 is 0 Å². The predicted octanol–water partition coefficient (Wildman–Crippen LogP) is 2.01. The summed E-state index contributed by atoms with van der Waals surface area (Å²) in [7, 11) is 1.60. The molecule has 1 saturated heterocycles. The predicted molar refractivity (Wildman–Crippen MR) is 76.7 cm³/mol. The van der Waals surface area contributed by atoms with Gasteiger partial charge >= 0.3 is 6.01 Å². The molecule has 0 aromatic carbocycles. The van der Waals surface area contributed by atoms with Gasteiger partial charge in [-0.25, -0.2) is 4.98 Å². The smallest absolute Gasteiger partial charge is 0.316 e. The molecule has 0 unspecified atom stereocenters. The van der Waals surface area contributed by atoms with E-state index in [1.807, 2.05) is 24.4 Å². The second-order valence-corrected chi connectivity index (χ2v) is 4.91. The van der Waals surface area contributed by atoms with Gasteiger partial charge in [-0.3, -0.25) is 4.98 Å². The Kier molecular flexibility index (Phi) is 3.87. The van der Waals surface area contributed by atoms with Crippen LogP contribution in [-0.2, 0) is 0 Å². The third-order valence-electron chi connectivity index (χ3n) is 3.60. The molecule has 5 heteroatoms. The monoisotopic (exact) mass is 270 g/mol. The summed E-state index contributed by atoms with van der Waals surface area (Å²) < 4.78 is 5.17. The van der Waals surface area contributed by atoms with Crippen molar-refractivity contribution in [1.82, 2.24) is 20.3 Å². The fourth-order valence-electron chi connectivity index (χ4n) is 2.59. The van der Waals surface area contributed by atoms with Crippen LogP contribution >= 0.6 is 0 Å². The van der Waals surface area contributed by atoms with Gasteiger partial charge in [0, 0.05) is 30.4 Å². The molecule has 0 amide bonds. The Morgan fingerprint density at radius 3 is 2.95 bits per heavy atom. The fourth-order valence-corrected chi connectivity index (χ4v) is 2.59. The molecule has 1 fully saturated rings. The first-order valence-electron chi connectivity index (χ1n) is 6.91. The lowest BCUT2D eigenvalue weighted by molar-refractivity contribution is 0.373. The number of hydrogen-bond donors (Lipinski definition) is 1. The molecule has 5 nitrogen and oxygen atoms in total. The van der Waals surface area contributed by atoms with Crippen LogP contribution in [0.3, 0.4) is 0 Å². The first-order valence-corrected chi connectivity index (χ1v) is 6.91. The Morgan fingerprint density at radius 2 is 2.25 bits per heavy atom. The van der Waals surface area contributed by atoms with Crippen LogP contribution in [0.15, 0.2) is 30.6 Å². The maximum absolute atomic E-state index is 5.17. The first-order chi connectivity index (χ1) is 9.88. The highest BCUT2D eigenvalue weighted by molar-refractivity contribution is 5.61. The maximum Gasteiger partial charge on any atom is 0.316 e. The second kappa shape index (κ2) is 5.96. The summed E-state index contributed by atoms with van der Waals surface area (Å²) in [4.78, 5) is 13.2. The number of hydrogen-bond acceptors (Lipinski definition) is 5. The summed E-state index contributed by atoms with van der Waals surface area (Å²) in [6.45, 7) is 2.03. The molecule has 0 aliphatic carbocycles. The van der Waals surface area contributed by atoms with Crippen molar-refractivity contribution in [2.24, 2.45) is 0 Å². The highest BCUT2D eigenvalue weighted by Gasteiger charge is 2.22. The number of nitrogens with one attached hydrogen (secondary N) is 1. The van der Waals surface area contributed by atoms with E-state index in [2.05, 4.69) is 20.3 Å². The van der Waals surface area contributed by atoms with Crippen molar-refractivity contribution in [1.29, 1.82) is 0 Å². The van der Waals surface area contributed by atoms with Gasteiger partial charge in [0.2, 0.25) is 0 Å². The Labute approximate surface area is 118 Å². The molecular formula is C15H18N4O. The van der Waals surface area contributed by atoms with Crippen LogP contribution in [0.1, 0.15) is 24.5 Å². The molecule has 3 rings (SSSR count). The van der Waals surface area contributed by atoms with E-state index < -0.39 is 0 Å². The lowest BCUT2D eigenvalue weighted by atomic mass is 9.92. The van der Waals surface area contributed by atoms with E-state index in [9.17, 15) is 0 Å². The van der Waals surface area contributed by atoms with Gasteiger partial charge in [-0.05, 0) is 31.5 Å². The molecule has 0 saturated carbocycles. The highest BCUT2D eigenvalue weighted by atomic mass is 16.5. The van der Waals surface area contributed by atoms with Gasteiger partial charge in [-0.1, -0.05) is 6.07 Å². The summed E-state index contributed by atoms with van der Waals surface area (Å²) in [5, 5.41) is 3.43. The standard InChI is InChI=1S/C15H18N4O/c1-20-15-18-10-12(13-6-2-3-8-17-13)14(19-15)11-5-4-7-16-9-11/h2-3,6,8,10-11,16H,4-5,7,9H2,1H3/t11-/m0/s1. The first kappa shape index (κ1) is 13.0. The Balaban J connectivity index is 2.04. The Bertz CT molecular complexity index is 567. The minimum absolute atomic E-state index is 0.387. The van der Waals surface area contributed by atoms with E-state index in [-0.39, 0.29) is 0 Å². The summed E-state index contributed by atoms with van der Waals surface area (Å²) in [6, 6.07) is 6.31. The molecule has 1 N–H and O–H groups in total. The molecular weight excluding hydrogens is 252 g/mol. The number of aromatic nitrogens is 3. The molecule has 0 spiro atoms. The van der Waals surface area contributed by atoms with Crippen LogP contribution in [0.4, 0.5) is 0 Å². The molecule has 1 atom stereocenters. The summed E-state index contributed by atoms with van der Waals surface area (Å²) in [5.74, 6) is 0.387. The van der Waals surface area contributed by atoms with Gasteiger partial charge < -0.3 is 10.1 Å². The number of ether oxygens (including phenoxy) is 1. The van der Waals surface area contributed by atoms with E-state index in [0.717, 1.165) is 36.5 Å². The Morgan fingerprint density at radius 1 is 1.30 bits per heavy atom. The Hall–Kier alpha value is -2.01. The van der Waals surface area contributed by atoms with Gasteiger partial charge in [0.25, 0.3) is 0 Å². The topological polar surface area (TPSA) is 59.9 Å². The maximum atomic E-state index is 5.17. The van der Waals surface area contributed by atoms with Gasteiger partial charge in [0.1, 0.15) is 0 Å². The summed E-state index contributed by atoms with van der Waals surface area (Å²) in [5.41, 5.74) is 2.94. The summed E-state index contributed by atoms with van der Waals surface area (Å²) >= 11 is 0.